The highest BCUT2D eigenvalue weighted by molar-refractivity contribution is 8.01. The SMILES string of the molecule is CC.CCNC(=C\SC)/C=C(\C)C(N)CC=C(C)C. The Labute approximate surface area is 124 Å². The highest BCUT2D eigenvalue weighted by Gasteiger charge is 2.03. The Balaban J connectivity index is 0. The molecule has 0 rings (SSSR count). The summed E-state index contributed by atoms with van der Waals surface area (Å²) >= 11 is 1.70. The van der Waals surface area contributed by atoms with E-state index in [9.17, 15) is 0 Å². The molecule has 0 aliphatic rings. The highest BCUT2D eigenvalue weighted by Crippen LogP contribution is 2.10. The number of hydrogen-bond donors (Lipinski definition) is 2. The van der Waals surface area contributed by atoms with Crippen LogP contribution >= 0.6 is 11.8 Å². The maximum Gasteiger partial charge on any atom is 0.0404 e. The van der Waals surface area contributed by atoms with Gasteiger partial charge < -0.3 is 11.1 Å². The van der Waals surface area contributed by atoms with Crippen LogP contribution in [-0.4, -0.2) is 18.8 Å². The maximum absolute atomic E-state index is 6.13. The molecule has 0 spiro atoms. The van der Waals surface area contributed by atoms with Gasteiger partial charge in [-0.05, 0) is 51.9 Å². The van der Waals surface area contributed by atoms with Gasteiger partial charge in [0.05, 0.1) is 0 Å². The van der Waals surface area contributed by atoms with Crippen molar-refractivity contribution in [1.82, 2.24) is 5.32 Å². The molecule has 112 valence electrons. The summed E-state index contributed by atoms with van der Waals surface area (Å²) in [5, 5.41) is 5.44. The van der Waals surface area contributed by atoms with E-state index in [0.29, 0.717) is 0 Å². The Hall–Kier alpha value is -0.670. The van der Waals surface area contributed by atoms with Gasteiger partial charge in [0.25, 0.3) is 0 Å². The van der Waals surface area contributed by atoms with E-state index in [-0.39, 0.29) is 6.04 Å². The Bertz CT molecular complexity index is 300. The maximum atomic E-state index is 6.13. The third-order valence-electron chi connectivity index (χ3n) is 2.37. The molecular formula is C16H32N2S. The molecule has 19 heavy (non-hydrogen) atoms. The number of thioether (sulfide) groups is 1. The quantitative estimate of drug-likeness (QED) is 0.535. The van der Waals surface area contributed by atoms with Crippen LogP contribution in [0.5, 0.6) is 0 Å². The van der Waals surface area contributed by atoms with Crippen molar-refractivity contribution in [3.63, 3.8) is 0 Å². The summed E-state index contributed by atoms with van der Waals surface area (Å²) in [6.07, 6.45) is 7.30. The molecule has 0 aromatic carbocycles. The fourth-order valence-corrected chi connectivity index (χ4v) is 1.76. The van der Waals surface area contributed by atoms with E-state index in [4.69, 9.17) is 5.73 Å². The van der Waals surface area contributed by atoms with E-state index < -0.39 is 0 Å². The van der Waals surface area contributed by atoms with Crippen LogP contribution in [0.15, 0.2) is 34.4 Å². The fourth-order valence-electron chi connectivity index (χ4n) is 1.36. The van der Waals surface area contributed by atoms with Crippen LogP contribution in [0, 0.1) is 0 Å². The molecule has 3 heteroatoms. The zero-order valence-electron chi connectivity index (χ0n) is 13.7. The molecule has 1 unspecified atom stereocenters. The standard InChI is InChI=1S/C14H26N2S.C2H6/c1-6-16-13(10-17-5)9-12(4)14(15)8-7-11(2)3;1-2/h7,9-10,14,16H,6,8,15H2,1-5H3;1-2H3/b12-9+,13-10-;. The van der Waals surface area contributed by atoms with Gasteiger partial charge in [-0.25, -0.2) is 0 Å². The van der Waals surface area contributed by atoms with Crippen molar-refractivity contribution < 1.29 is 0 Å². The van der Waals surface area contributed by atoms with Gasteiger partial charge in [-0.1, -0.05) is 31.1 Å². The monoisotopic (exact) mass is 284 g/mol. The molecule has 0 saturated heterocycles. The van der Waals surface area contributed by atoms with Crippen molar-refractivity contribution in [3.8, 4) is 0 Å². The molecule has 0 aliphatic heterocycles. The predicted molar refractivity (Wildman–Crippen MR) is 92.4 cm³/mol. The minimum Gasteiger partial charge on any atom is -0.385 e. The summed E-state index contributed by atoms with van der Waals surface area (Å²) in [4.78, 5) is 0. The molecule has 0 amide bonds. The first-order chi connectivity index (χ1) is 9.01. The van der Waals surface area contributed by atoms with Crippen molar-refractivity contribution in [2.24, 2.45) is 5.73 Å². The first-order valence-electron chi connectivity index (χ1n) is 7.05. The van der Waals surface area contributed by atoms with Gasteiger partial charge in [0.2, 0.25) is 0 Å². The first-order valence-corrected chi connectivity index (χ1v) is 8.34. The average molecular weight is 285 g/mol. The highest BCUT2D eigenvalue weighted by atomic mass is 32.2. The van der Waals surface area contributed by atoms with Crippen molar-refractivity contribution in [2.75, 3.05) is 12.8 Å². The third-order valence-corrected chi connectivity index (χ3v) is 2.86. The number of hydrogen-bond acceptors (Lipinski definition) is 3. The molecular weight excluding hydrogens is 252 g/mol. The van der Waals surface area contributed by atoms with Gasteiger partial charge in [0.15, 0.2) is 0 Å². The van der Waals surface area contributed by atoms with Crippen molar-refractivity contribution in [2.45, 2.75) is 54.0 Å². The van der Waals surface area contributed by atoms with E-state index in [0.717, 1.165) is 18.7 Å². The van der Waals surface area contributed by atoms with E-state index in [1.807, 2.05) is 13.8 Å². The fraction of sp³-hybridized carbons (Fsp3) is 0.625. The van der Waals surface area contributed by atoms with Crippen LogP contribution in [-0.2, 0) is 0 Å². The molecule has 1 atom stereocenters. The summed E-state index contributed by atoms with van der Waals surface area (Å²) < 4.78 is 0. The van der Waals surface area contributed by atoms with Crippen molar-refractivity contribution >= 4 is 11.8 Å². The minimum atomic E-state index is 0.105. The molecule has 0 fully saturated rings. The van der Waals surface area contributed by atoms with E-state index in [2.05, 4.69) is 56.8 Å². The second-order valence-corrected chi connectivity index (χ2v) is 5.06. The van der Waals surface area contributed by atoms with Crippen LogP contribution in [0.3, 0.4) is 0 Å². The smallest absolute Gasteiger partial charge is 0.0404 e. The average Bonchev–Trinajstić information content (AvgIpc) is 2.38. The molecule has 2 nitrogen and oxygen atoms in total. The van der Waals surface area contributed by atoms with Gasteiger partial charge in [-0.3, -0.25) is 0 Å². The summed E-state index contributed by atoms with van der Waals surface area (Å²) in [6.45, 7) is 13.3. The van der Waals surface area contributed by atoms with Gasteiger partial charge in [0, 0.05) is 18.3 Å². The molecule has 0 saturated carbocycles. The van der Waals surface area contributed by atoms with Crippen molar-refractivity contribution in [1.29, 1.82) is 0 Å². The minimum absolute atomic E-state index is 0.105. The normalized spacial score (nSPS) is 13.3. The van der Waals surface area contributed by atoms with Gasteiger partial charge in [-0.2, -0.15) is 0 Å². The van der Waals surface area contributed by atoms with Crippen LogP contribution in [0.25, 0.3) is 0 Å². The zero-order chi connectivity index (χ0) is 15.3. The Kier molecular flexibility index (Phi) is 14.9. The number of rotatable bonds is 7. The topological polar surface area (TPSA) is 38.0 Å². The van der Waals surface area contributed by atoms with Gasteiger partial charge in [-0.15, -0.1) is 11.8 Å². The molecule has 0 radical (unpaired) electrons. The molecule has 0 heterocycles. The lowest BCUT2D eigenvalue weighted by molar-refractivity contribution is 0.773. The summed E-state index contributed by atoms with van der Waals surface area (Å²) in [7, 11) is 0. The first kappa shape index (κ1) is 20.6. The van der Waals surface area contributed by atoms with Gasteiger partial charge >= 0.3 is 0 Å². The Morgan fingerprint density at radius 2 is 1.84 bits per heavy atom. The zero-order valence-corrected chi connectivity index (χ0v) is 14.5. The molecule has 0 aromatic rings. The third kappa shape index (κ3) is 12.1. The number of allylic oxidation sites excluding steroid dienone is 2. The Morgan fingerprint density at radius 3 is 2.26 bits per heavy atom. The van der Waals surface area contributed by atoms with Gasteiger partial charge in [0.1, 0.15) is 0 Å². The summed E-state index contributed by atoms with van der Waals surface area (Å²) in [6, 6.07) is 0.105. The molecule has 0 aliphatic carbocycles. The predicted octanol–water partition coefficient (Wildman–Crippen LogP) is 4.46. The summed E-state index contributed by atoms with van der Waals surface area (Å²) in [5.41, 5.74) is 9.81. The van der Waals surface area contributed by atoms with E-state index in [1.165, 1.54) is 11.1 Å². The molecule has 0 bridgehead atoms. The molecule has 3 N–H and O–H groups in total. The lowest BCUT2D eigenvalue weighted by Crippen LogP contribution is -2.21. The van der Waals surface area contributed by atoms with E-state index >= 15 is 0 Å². The largest absolute Gasteiger partial charge is 0.385 e. The molecule has 0 aromatic heterocycles. The lowest BCUT2D eigenvalue weighted by Gasteiger charge is -2.12. The Morgan fingerprint density at radius 1 is 1.26 bits per heavy atom. The number of nitrogens with one attached hydrogen (secondary N) is 1. The van der Waals surface area contributed by atoms with Crippen LogP contribution in [0.2, 0.25) is 0 Å². The van der Waals surface area contributed by atoms with E-state index in [1.54, 1.807) is 11.8 Å². The van der Waals surface area contributed by atoms with Crippen LogP contribution in [0.1, 0.15) is 48.0 Å². The van der Waals surface area contributed by atoms with Crippen LogP contribution in [0.4, 0.5) is 0 Å². The lowest BCUT2D eigenvalue weighted by atomic mass is 10.0. The number of likely N-dealkylation sites (N-methyl/N-ethyl adjacent to an activating group) is 1. The second-order valence-electron chi connectivity index (χ2n) is 4.35. The van der Waals surface area contributed by atoms with Crippen LogP contribution < -0.4 is 11.1 Å². The number of nitrogens with two attached hydrogens (primary N) is 1. The summed E-state index contributed by atoms with van der Waals surface area (Å²) in [5.74, 6) is 0. The van der Waals surface area contributed by atoms with Crippen molar-refractivity contribution in [3.05, 3.63) is 34.4 Å². The second kappa shape index (κ2) is 13.8.